The number of carbonyl (C=O) groups is 2. The molecule has 33 heavy (non-hydrogen) atoms. The summed E-state index contributed by atoms with van der Waals surface area (Å²) in [7, 11) is -4.05. The third-order valence-electron chi connectivity index (χ3n) is 5.10. The number of benzene rings is 2. The lowest BCUT2D eigenvalue weighted by Crippen LogP contribution is -2.41. The summed E-state index contributed by atoms with van der Waals surface area (Å²) in [5.41, 5.74) is 0.732. The minimum atomic E-state index is -4.05. The van der Waals surface area contributed by atoms with E-state index in [1.54, 1.807) is 29.2 Å². The maximum absolute atomic E-state index is 13.2. The van der Waals surface area contributed by atoms with Crippen molar-refractivity contribution in [3.05, 3.63) is 53.6 Å². The number of rotatable bonds is 8. The van der Waals surface area contributed by atoms with Crippen LogP contribution in [-0.4, -0.2) is 64.2 Å². The van der Waals surface area contributed by atoms with E-state index in [-0.39, 0.29) is 33.9 Å². The van der Waals surface area contributed by atoms with Gasteiger partial charge in [0.05, 0.1) is 34.9 Å². The summed E-state index contributed by atoms with van der Waals surface area (Å²) in [6.07, 6.45) is 1.84. The molecule has 0 radical (unpaired) electrons. The predicted molar refractivity (Wildman–Crippen MR) is 129 cm³/mol. The molecule has 2 N–H and O–H groups in total. The molecule has 0 bridgehead atoms. The van der Waals surface area contributed by atoms with Gasteiger partial charge in [0.2, 0.25) is 0 Å². The van der Waals surface area contributed by atoms with Crippen LogP contribution in [0.1, 0.15) is 34.6 Å². The number of carbonyl (C=O) groups excluding carboxylic acids is 2. The van der Waals surface area contributed by atoms with Gasteiger partial charge in [-0.1, -0.05) is 26.0 Å². The SMILES string of the molecule is CSc1ccc(S(=O)(=O)Nc2ccccc2C(=O)NCC(C)C)cc1C(=O)N1CCOCC1. The van der Waals surface area contributed by atoms with Crippen LogP contribution in [0.25, 0.3) is 0 Å². The molecule has 0 unspecified atom stereocenters. The number of morpholine rings is 1. The summed E-state index contributed by atoms with van der Waals surface area (Å²) >= 11 is 1.38. The molecule has 1 fully saturated rings. The summed E-state index contributed by atoms with van der Waals surface area (Å²) in [6, 6.07) is 10.9. The zero-order valence-electron chi connectivity index (χ0n) is 19.0. The third-order valence-corrected chi connectivity index (χ3v) is 7.26. The van der Waals surface area contributed by atoms with Crippen molar-refractivity contribution < 1.29 is 22.7 Å². The molecule has 1 saturated heterocycles. The standard InChI is InChI=1S/C23H29N3O5S2/c1-16(2)15-24-22(27)18-6-4-5-7-20(18)25-33(29,30)17-8-9-21(32-3)19(14-17)23(28)26-10-12-31-13-11-26/h4-9,14,16,25H,10-13,15H2,1-3H3,(H,24,27). The number of hydrogen-bond donors (Lipinski definition) is 2. The maximum atomic E-state index is 13.2. The van der Waals surface area contributed by atoms with Crippen molar-refractivity contribution in [2.75, 3.05) is 43.8 Å². The number of sulfonamides is 1. The second-order valence-electron chi connectivity index (χ2n) is 8.02. The lowest BCUT2D eigenvalue weighted by Gasteiger charge is -2.27. The molecule has 2 aromatic rings. The lowest BCUT2D eigenvalue weighted by atomic mass is 10.1. The van der Waals surface area contributed by atoms with Gasteiger partial charge in [0.25, 0.3) is 21.8 Å². The Balaban J connectivity index is 1.89. The first kappa shape index (κ1) is 25.1. The Labute approximate surface area is 199 Å². The Hall–Kier alpha value is -2.56. The zero-order chi connectivity index (χ0) is 24.0. The van der Waals surface area contributed by atoms with E-state index in [0.29, 0.717) is 43.3 Å². The van der Waals surface area contributed by atoms with Gasteiger partial charge in [-0.25, -0.2) is 8.42 Å². The molecule has 2 aromatic carbocycles. The van der Waals surface area contributed by atoms with E-state index in [4.69, 9.17) is 4.74 Å². The first-order chi connectivity index (χ1) is 15.7. The molecule has 3 rings (SSSR count). The van der Waals surface area contributed by atoms with Crippen LogP contribution < -0.4 is 10.0 Å². The molecule has 10 heteroatoms. The van der Waals surface area contributed by atoms with E-state index in [1.165, 1.54) is 30.0 Å². The first-order valence-electron chi connectivity index (χ1n) is 10.7. The number of para-hydroxylation sites is 1. The van der Waals surface area contributed by atoms with Crippen molar-refractivity contribution in [1.82, 2.24) is 10.2 Å². The van der Waals surface area contributed by atoms with Crippen LogP contribution in [0.4, 0.5) is 5.69 Å². The Bertz CT molecular complexity index is 1110. The Morgan fingerprint density at radius 1 is 1.09 bits per heavy atom. The van der Waals surface area contributed by atoms with Gasteiger partial charge >= 0.3 is 0 Å². The van der Waals surface area contributed by atoms with E-state index in [2.05, 4.69) is 10.0 Å². The smallest absolute Gasteiger partial charge is 0.261 e. The minimum absolute atomic E-state index is 0.0469. The molecule has 1 heterocycles. The van der Waals surface area contributed by atoms with Gasteiger partial charge in [-0.15, -0.1) is 11.8 Å². The highest BCUT2D eigenvalue weighted by Gasteiger charge is 2.25. The molecule has 2 amide bonds. The lowest BCUT2D eigenvalue weighted by molar-refractivity contribution is 0.0300. The van der Waals surface area contributed by atoms with Crippen molar-refractivity contribution in [3.8, 4) is 0 Å². The molecule has 0 saturated carbocycles. The summed E-state index contributed by atoms with van der Waals surface area (Å²) < 4.78 is 34.2. The van der Waals surface area contributed by atoms with Gasteiger partial charge in [-0.05, 0) is 42.5 Å². The number of hydrogen-bond acceptors (Lipinski definition) is 6. The summed E-state index contributed by atoms with van der Waals surface area (Å²) in [5.74, 6) is -0.328. The largest absolute Gasteiger partial charge is 0.378 e. The normalized spacial score (nSPS) is 14.2. The third kappa shape index (κ3) is 6.27. The fourth-order valence-electron chi connectivity index (χ4n) is 3.32. The zero-order valence-corrected chi connectivity index (χ0v) is 20.6. The molecular formula is C23H29N3O5S2. The van der Waals surface area contributed by atoms with Gasteiger partial charge < -0.3 is 15.0 Å². The average molecular weight is 492 g/mol. The van der Waals surface area contributed by atoms with E-state index < -0.39 is 10.0 Å². The monoisotopic (exact) mass is 491 g/mol. The van der Waals surface area contributed by atoms with Gasteiger partial charge in [-0.3, -0.25) is 14.3 Å². The van der Waals surface area contributed by atoms with Crippen molar-refractivity contribution in [3.63, 3.8) is 0 Å². The fraction of sp³-hybridized carbons (Fsp3) is 0.391. The Kier molecular flexibility index (Phi) is 8.39. The molecule has 1 aliphatic heterocycles. The van der Waals surface area contributed by atoms with E-state index >= 15 is 0 Å². The van der Waals surface area contributed by atoms with Gasteiger partial charge in [-0.2, -0.15) is 0 Å². The highest BCUT2D eigenvalue weighted by Crippen LogP contribution is 2.27. The molecule has 0 atom stereocenters. The second-order valence-corrected chi connectivity index (χ2v) is 10.6. The summed E-state index contributed by atoms with van der Waals surface area (Å²) in [5, 5.41) is 2.80. The van der Waals surface area contributed by atoms with Crippen LogP contribution in [0.2, 0.25) is 0 Å². The van der Waals surface area contributed by atoms with Crippen molar-refractivity contribution >= 4 is 39.3 Å². The van der Waals surface area contributed by atoms with Gasteiger partial charge in [0.1, 0.15) is 0 Å². The highest BCUT2D eigenvalue weighted by molar-refractivity contribution is 7.98. The van der Waals surface area contributed by atoms with Crippen molar-refractivity contribution in [2.45, 2.75) is 23.6 Å². The molecule has 0 spiro atoms. The number of ether oxygens (including phenoxy) is 1. The van der Waals surface area contributed by atoms with E-state index in [1.807, 2.05) is 20.1 Å². The van der Waals surface area contributed by atoms with Crippen molar-refractivity contribution in [1.29, 1.82) is 0 Å². The maximum Gasteiger partial charge on any atom is 0.261 e. The van der Waals surface area contributed by atoms with E-state index in [0.717, 1.165) is 0 Å². The molecule has 0 aliphatic carbocycles. The molecule has 1 aliphatic rings. The summed E-state index contributed by atoms with van der Waals surface area (Å²) in [4.78, 5) is 28.0. The average Bonchev–Trinajstić information content (AvgIpc) is 2.82. The predicted octanol–water partition coefficient (Wildman–Crippen LogP) is 3.07. The van der Waals surface area contributed by atoms with Gasteiger partial charge in [0.15, 0.2) is 0 Å². The topological polar surface area (TPSA) is 105 Å². The number of nitrogens with one attached hydrogen (secondary N) is 2. The number of thioether (sulfide) groups is 1. The quantitative estimate of drug-likeness (QED) is 0.550. The molecule has 0 aromatic heterocycles. The fourth-order valence-corrected chi connectivity index (χ4v) is 5.00. The van der Waals surface area contributed by atoms with Crippen LogP contribution in [0.3, 0.4) is 0 Å². The minimum Gasteiger partial charge on any atom is -0.378 e. The number of nitrogens with zero attached hydrogens (tertiary/aromatic N) is 1. The van der Waals surface area contributed by atoms with Crippen LogP contribution >= 0.6 is 11.8 Å². The highest BCUT2D eigenvalue weighted by atomic mass is 32.2. The molecular weight excluding hydrogens is 462 g/mol. The van der Waals surface area contributed by atoms with E-state index in [9.17, 15) is 18.0 Å². The van der Waals surface area contributed by atoms with Crippen LogP contribution in [-0.2, 0) is 14.8 Å². The van der Waals surface area contributed by atoms with Crippen LogP contribution in [0.15, 0.2) is 52.3 Å². The van der Waals surface area contributed by atoms with Crippen LogP contribution in [0, 0.1) is 5.92 Å². The Morgan fingerprint density at radius 2 is 1.79 bits per heavy atom. The second kappa shape index (κ2) is 11.0. The van der Waals surface area contributed by atoms with Crippen LogP contribution in [0.5, 0.6) is 0 Å². The number of anilines is 1. The first-order valence-corrected chi connectivity index (χ1v) is 13.4. The van der Waals surface area contributed by atoms with Crippen molar-refractivity contribution in [2.24, 2.45) is 5.92 Å². The summed E-state index contributed by atoms with van der Waals surface area (Å²) in [6.45, 7) is 6.25. The molecule has 8 nitrogen and oxygen atoms in total. The van der Waals surface area contributed by atoms with Gasteiger partial charge in [0, 0.05) is 24.5 Å². The Morgan fingerprint density at radius 3 is 2.45 bits per heavy atom. The number of amides is 2. The molecule has 178 valence electrons.